The molecule has 26 nitrogen and oxygen atoms in total. The van der Waals surface area contributed by atoms with Crippen molar-refractivity contribution in [2.45, 2.75) is 243 Å². The number of aromatic nitrogens is 6. The Balaban J connectivity index is 0.746. The highest BCUT2D eigenvalue weighted by Gasteiger charge is 2.50. The first-order valence-corrected chi connectivity index (χ1v) is 35.8. The van der Waals surface area contributed by atoms with Crippen LogP contribution in [-0.4, -0.2) is 194 Å². The van der Waals surface area contributed by atoms with E-state index in [1.54, 1.807) is 74.6 Å². The van der Waals surface area contributed by atoms with Crippen molar-refractivity contribution in [1.82, 2.24) is 70.9 Å². The van der Waals surface area contributed by atoms with E-state index in [0.717, 1.165) is 49.7 Å². The number of aliphatic hydroxyl groups excluding tert-OH is 2. The van der Waals surface area contributed by atoms with Crippen LogP contribution >= 0.6 is 0 Å². The van der Waals surface area contributed by atoms with Crippen LogP contribution < -0.4 is 21.3 Å². The normalized spacial score (nSPS) is 22.0. The van der Waals surface area contributed by atoms with Crippen molar-refractivity contribution in [2.75, 3.05) is 27.3 Å². The minimum absolute atomic E-state index is 0.250. The second kappa shape index (κ2) is 34.1. The second-order valence-electron chi connectivity index (χ2n) is 29.3. The van der Waals surface area contributed by atoms with Crippen molar-refractivity contribution in [3.63, 3.8) is 0 Å². The molecule has 4 aliphatic rings. The number of benzene rings is 3. The maximum absolute atomic E-state index is 14.6. The number of aliphatic hydroxyl groups is 2. The molecule has 26 heteroatoms. The maximum Gasteiger partial charge on any atom is 0.410 e. The number of unbranched alkanes of at least 4 members (excludes halogenated alkanes) is 2. The summed E-state index contributed by atoms with van der Waals surface area (Å²) < 4.78 is 14.6. The average molecular weight is 1380 g/mol. The lowest BCUT2D eigenvalue weighted by molar-refractivity contribution is -0.144. The van der Waals surface area contributed by atoms with E-state index < -0.39 is 107 Å². The Hall–Kier alpha value is -8.78. The summed E-state index contributed by atoms with van der Waals surface area (Å²) in [7, 11) is 2.96. The summed E-state index contributed by atoms with van der Waals surface area (Å²) in [5.74, 6) is -3.91. The number of amides is 8. The molecule has 5 aromatic rings. The highest BCUT2D eigenvalue weighted by Crippen LogP contribution is 2.37. The van der Waals surface area contributed by atoms with Crippen LogP contribution in [0.3, 0.4) is 0 Å². The molecule has 0 radical (unpaired) electrons. The Kier molecular flexibility index (Phi) is 25.7. The van der Waals surface area contributed by atoms with Crippen LogP contribution in [-0.2, 0) is 64.2 Å². The first kappa shape index (κ1) is 75.4. The molecule has 3 aromatic carbocycles. The predicted molar refractivity (Wildman–Crippen MR) is 372 cm³/mol. The number of fused-ring (bicyclic) bond motifs is 2. The highest BCUT2D eigenvalue weighted by molar-refractivity contribution is 5.96. The molecular weight excluding hydrogens is 1280 g/mol. The maximum atomic E-state index is 14.6. The molecule has 542 valence electrons. The zero-order valence-electron chi connectivity index (χ0n) is 59.8. The topological polar surface area (TPSA) is 318 Å². The number of hydrogen-bond donors (Lipinski definition) is 6. The van der Waals surface area contributed by atoms with E-state index >= 15 is 0 Å². The molecule has 100 heavy (non-hydrogen) atoms. The lowest BCUT2D eigenvalue weighted by Crippen LogP contribution is -2.59. The molecular formula is C74H104N14O12. The van der Waals surface area contributed by atoms with Crippen molar-refractivity contribution in [1.29, 1.82) is 0 Å². The second-order valence-corrected chi connectivity index (χ2v) is 29.3. The molecule has 12 atom stereocenters. The van der Waals surface area contributed by atoms with Gasteiger partial charge in [0.25, 0.3) is 0 Å². The fourth-order valence-electron chi connectivity index (χ4n) is 14.4. The number of nitrogens with one attached hydrogen (secondary N) is 4. The van der Waals surface area contributed by atoms with Gasteiger partial charge in [0.1, 0.15) is 58.8 Å². The number of carbonyl (C=O) groups is 8. The van der Waals surface area contributed by atoms with Crippen LogP contribution in [0, 0.1) is 11.8 Å². The van der Waals surface area contributed by atoms with E-state index in [4.69, 9.17) is 9.47 Å². The van der Waals surface area contributed by atoms with Crippen LogP contribution in [0.5, 0.6) is 0 Å². The van der Waals surface area contributed by atoms with Gasteiger partial charge in [-0.05, 0) is 167 Å². The summed E-state index contributed by atoms with van der Waals surface area (Å²) in [4.78, 5) is 118. The van der Waals surface area contributed by atoms with Crippen LogP contribution in [0.25, 0.3) is 0 Å². The van der Waals surface area contributed by atoms with E-state index in [9.17, 15) is 48.6 Å². The van der Waals surface area contributed by atoms with Gasteiger partial charge in [-0.1, -0.05) is 109 Å². The van der Waals surface area contributed by atoms with Gasteiger partial charge in [0.15, 0.2) is 0 Å². The van der Waals surface area contributed by atoms with Crippen LogP contribution in [0.1, 0.15) is 191 Å². The molecule has 0 unspecified atom stereocenters. The first-order chi connectivity index (χ1) is 47.8. The Morgan fingerprint density at radius 1 is 0.530 bits per heavy atom. The number of ether oxygens (including phenoxy) is 2. The molecule has 0 bridgehead atoms. The number of carbonyl (C=O) groups excluding carboxylic acids is 8. The van der Waals surface area contributed by atoms with Gasteiger partial charge in [-0.15, -0.1) is 10.2 Å². The largest absolute Gasteiger partial charge is 0.444 e. The molecule has 2 aromatic heterocycles. The van der Waals surface area contributed by atoms with Crippen molar-refractivity contribution < 1.29 is 58.0 Å². The van der Waals surface area contributed by atoms with Crippen LogP contribution in [0.2, 0.25) is 0 Å². The summed E-state index contributed by atoms with van der Waals surface area (Å²) in [6.45, 7) is 14.5. The van der Waals surface area contributed by atoms with E-state index in [0.29, 0.717) is 75.8 Å². The molecule has 0 saturated carbocycles. The van der Waals surface area contributed by atoms with Crippen molar-refractivity contribution in [3.8, 4) is 0 Å². The minimum Gasteiger partial charge on any atom is -0.444 e. The first-order valence-electron chi connectivity index (χ1n) is 35.8. The predicted octanol–water partition coefficient (Wildman–Crippen LogP) is 7.11. The molecule has 4 saturated heterocycles. The summed E-state index contributed by atoms with van der Waals surface area (Å²) >= 11 is 0. The molecule has 6 heterocycles. The molecule has 6 N–H and O–H groups in total. The third-order valence-corrected chi connectivity index (χ3v) is 19.8. The minimum atomic E-state index is -1.12. The molecule has 4 aliphatic heterocycles. The summed E-state index contributed by atoms with van der Waals surface area (Å²) in [5, 5.41) is 51.3. The van der Waals surface area contributed by atoms with Gasteiger partial charge in [0, 0.05) is 64.3 Å². The van der Waals surface area contributed by atoms with Gasteiger partial charge in [-0.3, -0.25) is 47.9 Å². The number of aryl methyl sites for hydroxylation is 4. The smallest absolute Gasteiger partial charge is 0.410 e. The van der Waals surface area contributed by atoms with E-state index in [1.165, 1.54) is 35.0 Å². The van der Waals surface area contributed by atoms with Gasteiger partial charge in [-0.25, -0.2) is 9.59 Å². The Bertz CT molecular complexity index is 3340. The summed E-state index contributed by atoms with van der Waals surface area (Å²) in [6.07, 6.45) is 12.0. The Morgan fingerprint density at radius 2 is 0.890 bits per heavy atom. The van der Waals surface area contributed by atoms with Gasteiger partial charge >= 0.3 is 12.2 Å². The zero-order valence-corrected chi connectivity index (χ0v) is 59.8. The molecule has 9 rings (SSSR count). The zero-order chi connectivity index (χ0) is 72.0. The number of rotatable bonds is 28. The Morgan fingerprint density at radius 3 is 1.23 bits per heavy atom. The fraction of sp³-hybridized carbons (Fsp3) is 0.595. The average Bonchev–Trinajstić information content (AvgIpc) is 1.63. The molecule has 0 aliphatic carbocycles. The van der Waals surface area contributed by atoms with Crippen LogP contribution in [0.4, 0.5) is 9.59 Å². The summed E-state index contributed by atoms with van der Waals surface area (Å²) in [5.41, 5.74) is 3.54. The standard InChI is InChI=1S/C74H104N14O12/c1-11-57(83(9)71(97)99-73(3,4)5)65(91)77-63-51(45-89)33-35-53-37-39-59(87(53)69(63)95)67(93)75-61(49-25-15-13-16-26-49)55-43-85(81-79-55)41-21-19-23-47-29-31-48(32-30-47)24-20-22-42-86-44-56(80-82-86)62(50-27-17-14-18-28-50)76-68(94)60-40-38-54-36-34-52(46-90)64(70(96)88(54)60)78-66(92)58(12-2)84(10)72(98)100-74(6,7)8/h13-18,25-32,43-44,51-54,57-64,89-90H,11-12,19-24,33-42,45-46H2,1-10H3,(H,75,93)(H,76,94)(H,77,91)(H,78,92)/t51-,52-,53+,54+,57+,58+,59+,60+,61+,62+,63+,64+/m1/s1. The highest BCUT2D eigenvalue weighted by atomic mass is 16.6. The molecule has 0 spiro atoms. The summed E-state index contributed by atoms with van der Waals surface area (Å²) in [6, 6.07) is 20.0. The van der Waals surface area contributed by atoms with Crippen molar-refractivity contribution in [3.05, 3.63) is 131 Å². The van der Waals surface area contributed by atoms with Gasteiger partial charge in [0.2, 0.25) is 35.4 Å². The van der Waals surface area contributed by atoms with E-state index in [-0.39, 0.29) is 50.0 Å². The third-order valence-electron chi connectivity index (χ3n) is 19.8. The van der Waals surface area contributed by atoms with E-state index in [1.807, 2.05) is 73.1 Å². The number of hydrogen-bond acceptors (Lipinski definition) is 16. The lowest BCUT2D eigenvalue weighted by atomic mass is 9.93. The molecule has 8 amide bonds. The van der Waals surface area contributed by atoms with Crippen LogP contribution in [0.15, 0.2) is 97.3 Å². The lowest BCUT2D eigenvalue weighted by Gasteiger charge is -2.34. The fourth-order valence-corrected chi connectivity index (χ4v) is 14.4. The number of likely N-dealkylation sites (N-methyl/N-ethyl adjacent to an activating group) is 2. The number of nitrogens with zero attached hydrogens (tertiary/aromatic N) is 10. The Labute approximate surface area is 587 Å². The van der Waals surface area contributed by atoms with Crippen molar-refractivity contribution >= 4 is 47.6 Å². The van der Waals surface area contributed by atoms with Gasteiger partial charge in [-0.2, -0.15) is 0 Å². The third kappa shape index (κ3) is 19.0. The van der Waals surface area contributed by atoms with Crippen molar-refractivity contribution in [2.24, 2.45) is 11.8 Å². The van der Waals surface area contributed by atoms with Gasteiger partial charge < -0.3 is 50.8 Å². The molecule has 4 fully saturated rings. The monoisotopic (exact) mass is 1380 g/mol. The van der Waals surface area contributed by atoms with Gasteiger partial charge in [0.05, 0.1) is 24.5 Å². The SMILES string of the molecule is CC[C@@H](C(=O)N[C@@H]1C(=O)N2[C@@H](CC[C@@H]1CO)CC[C@H]2C(=O)N[C@@H](c1ccccc1)c1cn(CCCCc2ccc(CCCCn3cc([C@@H](NC(=O)[C@@H]4CC[C@@H]5CC[C@H](CO)[C@H](NC(=O)[C@H](CC)N(C)C(=O)OC(C)(C)C)C(=O)N54)c4ccccc4)nn3)cc2)nn1)N(C)C(=O)OC(C)(C)C. The quantitative estimate of drug-likeness (QED) is 0.0272. The van der Waals surface area contributed by atoms with E-state index in [2.05, 4.69) is 66.2 Å².